The van der Waals surface area contributed by atoms with Gasteiger partial charge in [0.1, 0.15) is 0 Å². The molecule has 0 aliphatic carbocycles. The molecule has 1 fully saturated rings. The van der Waals surface area contributed by atoms with Crippen LogP contribution < -0.4 is 0 Å². The normalized spacial score (nSPS) is 16.9. The molecule has 0 amide bonds. The van der Waals surface area contributed by atoms with Crippen molar-refractivity contribution >= 4 is 5.97 Å². The van der Waals surface area contributed by atoms with Gasteiger partial charge in [0.05, 0.1) is 7.11 Å². The molecule has 0 aromatic heterocycles. The maximum Gasteiger partial charge on any atom is 0.305 e. The second-order valence-corrected chi connectivity index (χ2v) is 3.96. The van der Waals surface area contributed by atoms with E-state index in [0.29, 0.717) is 6.42 Å². The Morgan fingerprint density at radius 1 is 1.33 bits per heavy atom. The van der Waals surface area contributed by atoms with Gasteiger partial charge in [0.25, 0.3) is 0 Å². The number of methoxy groups -OCH3 is 1. The number of ether oxygens (including phenoxy) is 1. The first-order valence-electron chi connectivity index (χ1n) is 5.76. The zero-order valence-corrected chi connectivity index (χ0v) is 9.79. The van der Waals surface area contributed by atoms with Crippen LogP contribution in [0.1, 0.15) is 39.0 Å². The fraction of sp³-hybridized carbons (Fsp3) is 0.750. The highest BCUT2D eigenvalue weighted by molar-refractivity contribution is 5.69. The van der Waals surface area contributed by atoms with Crippen molar-refractivity contribution in [3.05, 3.63) is 11.8 Å². The van der Waals surface area contributed by atoms with Gasteiger partial charge in [-0.1, -0.05) is 12.5 Å². The summed E-state index contributed by atoms with van der Waals surface area (Å²) < 4.78 is 4.64. The molecule has 0 aromatic carbocycles. The van der Waals surface area contributed by atoms with Gasteiger partial charge < -0.3 is 9.64 Å². The molecule has 1 aliphatic heterocycles. The number of hydrogen-bond donors (Lipinski definition) is 0. The van der Waals surface area contributed by atoms with Gasteiger partial charge in [0.15, 0.2) is 0 Å². The molecule has 1 saturated heterocycles. The number of carbonyl (C=O) groups is 1. The van der Waals surface area contributed by atoms with E-state index in [2.05, 4.69) is 22.8 Å². The van der Waals surface area contributed by atoms with E-state index in [-0.39, 0.29) is 5.97 Å². The molecule has 0 spiro atoms. The third kappa shape index (κ3) is 4.36. The predicted molar refractivity (Wildman–Crippen MR) is 60.4 cm³/mol. The minimum Gasteiger partial charge on any atom is -0.469 e. The predicted octanol–water partition coefficient (Wildman–Crippen LogP) is 2.33. The topological polar surface area (TPSA) is 29.5 Å². The lowest BCUT2D eigenvalue weighted by Gasteiger charge is -2.14. The molecule has 15 heavy (non-hydrogen) atoms. The third-order valence-corrected chi connectivity index (χ3v) is 2.84. The molecule has 3 nitrogen and oxygen atoms in total. The summed E-state index contributed by atoms with van der Waals surface area (Å²) in [7, 11) is 1.44. The van der Waals surface area contributed by atoms with Gasteiger partial charge in [-0.15, -0.1) is 0 Å². The molecule has 0 aromatic rings. The largest absolute Gasteiger partial charge is 0.469 e. The quantitative estimate of drug-likeness (QED) is 0.654. The van der Waals surface area contributed by atoms with Crippen LogP contribution in [-0.4, -0.2) is 31.1 Å². The number of allylic oxidation sites excluding steroid dienone is 1. The van der Waals surface area contributed by atoms with Crippen LogP contribution in [0.15, 0.2) is 11.8 Å². The van der Waals surface area contributed by atoms with Crippen LogP contribution in [0.3, 0.4) is 0 Å². The van der Waals surface area contributed by atoms with Crippen LogP contribution in [0.25, 0.3) is 0 Å². The highest BCUT2D eigenvalue weighted by Gasteiger charge is 2.09. The van der Waals surface area contributed by atoms with Gasteiger partial charge in [-0.05, 0) is 31.9 Å². The molecule has 1 rings (SSSR count). The lowest BCUT2D eigenvalue weighted by Crippen LogP contribution is -2.12. The van der Waals surface area contributed by atoms with Gasteiger partial charge >= 0.3 is 5.97 Å². The van der Waals surface area contributed by atoms with E-state index in [4.69, 9.17) is 0 Å². The van der Waals surface area contributed by atoms with E-state index < -0.39 is 0 Å². The van der Waals surface area contributed by atoms with Crippen molar-refractivity contribution in [2.75, 3.05) is 20.2 Å². The van der Waals surface area contributed by atoms with E-state index in [1.165, 1.54) is 38.6 Å². The smallest absolute Gasteiger partial charge is 0.305 e. The van der Waals surface area contributed by atoms with Crippen molar-refractivity contribution in [1.82, 2.24) is 4.90 Å². The lowest BCUT2D eigenvalue weighted by atomic mass is 10.1. The number of carbonyl (C=O) groups excluding carboxylic acids is 1. The Labute approximate surface area is 92.1 Å². The summed E-state index contributed by atoms with van der Waals surface area (Å²) in [4.78, 5) is 13.4. The van der Waals surface area contributed by atoms with E-state index in [9.17, 15) is 4.79 Å². The molecule has 0 saturated carbocycles. The van der Waals surface area contributed by atoms with Crippen molar-refractivity contribution in [3.8, 4) is 0 Å². The van der Waals surface area contributed by atoms with Crippen molar-refractivity contribution in [2.45, 2.75) is 39.0 Å². The second kappa shape index (κ2) is 6.49. The monoisotopic (exact) mass is 211 g/mol. The molecule has 0 radical (unpaired) electrons. The third-order valence-electron chi connectivity index (χ3n) is 2.84. The Morgan fingerprint density at radius 3 is 2.53 bits per heavy atom. The molecule has 1 heterocycles. The molecular weight excluding hydrogens is 190 g/mol. The number of hydrogen-bond acceptors (Lipinski definition) is 3. The molecule has 0 N–H and O–H groups in total. The van der Waals surface area contributed by atoms with Crippen LogP contribution in [0.5, 0.6) is 0 Å². The fourth-order valence-corrected chi connectivity index (χ4v) is 1.83. The summed E-state index contributed by atoms with van der Waals surface area (Å²) in [5.41, 5.74) is 1.35. The standard InChI is InChI=1S/C12H21NO2/c1-3-11(6-7-12(14)15-2)10-13-8-4-5-9-13/h10H,3-9H2,1-2H3/b11-10+. The minimum absolute atomic E-state index is 0.115. The summed E-state index contributed by atoms with van der Waals surface area (Å²) in [5.74, 6) is -0.115. The number of likely N-dealkylation sites (tertiary alicyclic amines) is 1. The van der Waals surface area contributed by atoms with Crippen LogP contribution in [0.4, 0.5) is 0 Å². The van der Waals surface area contributed by atoms with E-state index >= 15 is 0 Å². The van der Waals surface area contributed by atoms with Gasteiger partial charge in [0, 0.05) is 19.5 Å². The lowest BCUT2D eigenvalue weighted by molar-refractivity contribution is -0.140. The van der Waals surface area contributed by atoms with E-state index in [1.807, 2.05) is 0 Å². The maximum absolute atomic E-state index is 11.0. The van der Waals surface area contributed by atoms with Crippen LogP contribution in [-0.2, 0) is 9.53 Å². The molecule has 0 atom stereocenters. The Hall–Kier alpha value is -0.990. The molecule has 0 unspecified atom stereocenters. The van der Waals surface area contributed by atoms with Gasteiger partial charge in [-0.3, -0.25) is 4.79 Å². The van der Waals surface area contributed by atoms with Crippen LogP contribution >= 0.6 is 0 Å². The SMILES string of the molecule is CC/C(=C\N1CCCC1)CCC(=O)OC. The Bertz CT molecular complexity index is 230. The van der Waals surface area contributed by atoms with Crippen molar-refractivity contribution < 1.29 is 9.53 Å². The summed E-state index contributed by atoms with van der Waals surface area (Å²) in [6.07, 6.45) is 7.18. The van der Waals surface area contributed by atoms with Gasteiger partial charge in [-0.2, -0.15) is 0 Å². The van der Waals surface area contributed by atoms with Crippen LogP contribution in [0, 0.1) is 0 Å². The Kier molecular flexibility index (Phi) is 5.22. The molecule has 3 heteroatoms. The molecule has 1 aliphatic rings. The minimum atomic E-state index is -0.115. The zero-order valence-electron chi connectivity index (χ0n) is 9.79. The summed E-state index contributed by atoms with van der Waals surface area (Å²) in [5, 5.41) is 0. The van der Waals surface area contributed by atoms with Crippen molar-refractivity contribution in [1.29, 1.82) is 0 Å². The van der Waals surface area contributed by atoms with Crippen molar-refractivity contribution in [2.24, 2.45) is 0 Å². The summed E-state index contributed by atoms with van der Waals surface area (Å²) in [6.45, 7) is 4.47. The Balaban J connectivity index is 2.36. The number of esters is 1. The number of nitrogens with zero attached hydrogens (tertiary/aromatic N) is 1. The first-order valence-corrected chi connectivity index (χ1v) is 5.76. The van der Waals surface area contributed by atoms with Gasteiger partial charge in [0.2, 0.25) is 0 Å². The average Bonchev–Trinajstić information content (AvgIpc) is 2.76. The first kappa shape index (κ1) is 12.1. The molecule has 86 valence electrons. The summed E-state index contributed by atoms with van der Waals surface area (Å²) >= 11 is 0. The average molecular weight is 211 g/mol. The summed E-state index contributed by atoms with van der Waals surface area (Å²) in [6, 6.07) is 0. The highest BCUT2D eigenvalue weighted by atomic mass is 16.5. The fourth-order valence-electron chi connectivity index (χ4n) is 1.83. The molecular formula is C12H21NO2. The first-order chi connectivity index (χ1) is 7.26. The zero-order chi connectivity index (χ0) is 11.1. The van der Waals surface area contributed by atoms with E-state index in [0.717, 1.165) is 12.8 Å². The number of rotatable bonds is 5. The second-order valence-electron chi connectivity index (χ2n) is 3.96. The van der Waals surface area contributed by atoms with E-state index in [1.54, 1.807) is 0 Å². The van der Waals surface area contributed by atoms with Crippen LogP contribution in [0.2, 0.25) is 0 Å². The highest BCUT2D eigenvalue weighted by Crippen LogP contribution is 2.15. The van der Waals surface area contributed by atoms with Gasteiger partial charge in [-0.25, -0.2) is 0 Å². The molecule has 0 bridgehead atoms. The van der Waals surface area contributed by atoms with Crippen molar-refractivity contribution in [3.63, 3.8) is 0 Å². The maximum atomic E-state index is 11.0. The Morgan fingerprint density at radius 2 is 2.00 bits per heavy atom.